The Morgan fingerprint density at radius 2 is 1.91 bits per heavy atom. The van der Waals surface area contributed by atoms with Gasteiger partial charge in [0.2, 0.25) is 11.8 Å². The first-order valence-electron chi connectivity index (χ1n) is 11.4. The zero-order chi connectivity index (χ0) is 22.8. The van der Waals surface area contributed by atoms with Crippen molar-refractivity contribution in [1.29, 1.82) is 0 Å². The Kier molecular flexibility index (Phi) is 8.83. The lowest BCUT2D eigenvalue weighted by Crippen LogP contribution is -2.49. The molecule has 1 aliphatic rings. The van der Waals surface area contributed by atoms with Gasteiger partial charge in [0.15, 0.2) is 5.76 Å². The first-order chi connectivity index (χ1) is 15.6. The first kappa shape index (κ1) is 23.5. The van der Waals surface area contributed by atoms with E-state index in [0.717, 1.165) is 38.5 Å². The predicted octanol–water partition coefficient (Wildman–Crippen LogP) is 3.22. The molecule has 8 heteroatoms. The van der Waals surface area contributed by atoms with Crippen molar-refractivity contribution >= 4 is 17.7 Å². The number of nitrogens with zero attached hydrogens (tertiary/aromatic N) is 2. The summed E-state index contributed by atoms with van der Waals surface area (Å²) in [7, 11) is 0. The molecule has 1 fully saturated rings. The van der Waals surface area contributed by atoms with Gasteiger partial charge in [-0.3, -0.25) is 19.4 Å². The summed E-state index contributed by atoms with van der Waals surface area (Å²) < 4.78 is 5.08. The summed E-state index contributed by atoms with van der Waals surface area (Å²) in [6, 6.07) is 6.02. The summed E-state index contributed by atoms with van der Waals surface area (Å²) in [6.07, 6.45) is 11.6. The van der Waals surface area contributed by atoms with Gasteiger partial charge in [-0.05, 0) is 49.1 Å². The van der Waals surface area contributed by atoms with Gasteiger partial charge in [0, 0.05) is 25.0 Å². The van der Waals surface area contributed by atoms with Crippen LogP contribution in [0.2, 0.25) is 0 Å². The number of hydrogen-bond donors (Lipinski definition) is 2. The van der Waals surface area contributed by atoms with E-state index in [2.05, 4.69) is 15.6 Å². The van der Waals surface area contributed by atoms with E-state index in [1.807, 2.05) is 6.92 Å². The number of carbonyl (C=O) groups excluding carboxylic acids is 3. The van der Waals surface area contributed by atoms with Gasteiger partial charge < -0.3 is 20.0 Å². The van der Waals surface area contributed by atoms with Gasteiger partial charge in [0.1, 0.15) is 6.04 Å². The fourth-order valence-corrected chi connectivity index (χ4v) is 4.02. The summed E-state index contributed by atoms with van der Waals surface area (Å²) in [5.74, 6) is -0.839. The van der Waals surface area contributed by atoms with E-state index in [-0.39, 0.29) is 30.2 Å². The SMILES string of the molecule is CCCCN(C(=O)CNC(=O)c1ccco1)C(C(=O)NC1CCCCC1)c1ccncc1. The second-order valence-electron chi connectivity index (χ2n) is 8.13. The number of carbonyl (C=O) groups is 3. The summed E-state index contributed by atoms with van der Waals surface area (Å²) >= 11 is 0. The molecule has 0 spiro atoms. The highest BCUT2D eigenvalue weighted by molar-refractivity contribution is 5.95. The van der Waals surface area contributed by atoms with E-state index in [4.69, 9.17) is 4.42 Å². The lowest BCUT2D eigenvalue weighted by molar-refractivity contribution is -0.140. The van der Waals surface area contributed by atoms with Crippen LogP contribution >= 0.6 is 0 Å². The normalized spacial score (nSPS) is 15.0. The molecule has 172 valence electrons. The van der Waals surface area contributed by atoms with Crippen molar-refractivity contribution in [3.63, 3.8) is 0 Å². The average molecular weight is 441 g/mol. The molecule has 2 aromatic heterocycles. The second-order valence-corrected chi connectivity index (χ2v) is 8.13. The van der Waals surface area contributed by atoms with E-state index in [1.165, 1.54) is 18.8 Å². The van der Waals surface area contributed by atoms with Crippen molar-refractivity contribution in [3.8, 4) is 0 Å². The van der Waals surface area contributed by atoms with Crippen LogP contribution < -0.4 is 10.6 Å². The van der Waals surface area contributed by atoms with Crippen LogP contribution in [0.5, 0.6) is 0 Å². The lowest BCUT2D eigenvalue weighted by atomic mass is 9.94. The Hall–Kier alpha value is -3.16. The molecule has 8 nitrogen and oxygen atoms in total. The van der Waals surface area contributed by atoms with Gasteiger partial charge in [-0.25, -0.2) is 0 Å². The van der Waals surface area contributed by atoms with Crippen molar-refractivity contribution in [2.24, 2.45) is 0 Å². The van der Waals surface area contributed by atoms with Crippen LogP contribution in [0.15, 0.2) is 47.3 Å². The van der Waals surface area contributed by atoms with Gasteiger partial charge in [-0.2, -0.15) is 0 Å². The highest BCUT2D eigenvalue weighted by Gasteiger charge is 2.32. The number of aromatic nitrogens is 1. The minimum Gasteiger partial charge on any atom is -0.459 e. The Balaban J connectivity index is 1.78. The minimum atomic E-state index is -0.778. The molecule has 32 heavy (non-hydrogen) atoms. The number of unbranched alkanes of at least 4 members (excludes halogenated alkanes) is 1. The van der Waals surface area contributed by atoms with Gasteiger partial charge in [-0.15, -0.1) is 0 Å². The van der Waals surface area contributed by atoms with Crippen LogP contribution in [0.4, 0.5) is 0 Å². The molecule has 1 unspecified atom stereocenters. The van der Waals surface area contributed by atoms with Crippen LogP contribution in [0, 0.1) is 0 Å². The Morgan fingerprint density at radius 3 is 2.56 bits per heavy atom. The van der Waals surface area contributed by atoms with E-state index < -0.39 is 11.9 Å². The lowest BCUT2D eigenvalue weighted by Gasteiger charge is -2.33. The maximum Gasteiger partial charge on any atom is 0.287 e. The Morgan fingerprint density at radius 1 is 1.16 bits per heavy atom. The molecule has 2 aromatic rings. The molecular weight excluding hydrogens is 408 g/mol. The number of hydrogen-bond acceptors (Lipinski definition) is 5. The van der Waals surface area contributed by atoms with Crippen molar-refractivity contribution in [2.45, 2.75) is 64.0 Å². The van der Waals surface area contributed by atoms with E-state index >= 15 is 0 Å². The zero-order valence-electron chi connectivity index (χ0n) is 18.6. The Labute approximate surface area is 188 Å². The number of pyridine rings is 1. The number of amides is 3. The predicted molar refractivity (Wildman–Crippen MR) is 120 cm³/mol. The highest BCUT2D eigenvalue weighted by atomic mass is 16.3. The second kappa shape index (κ2) is 12.0. The fourth-order valence-electron chi connectivity index (χ4n) is 4.02. The number of rotatable bonds is 10. The third-order valence-electron chi connectivity index (χ3n) is 5.75. The van der Waals surface area contributed by atoms with Crippen LogP contribution in [0.3, 0.4) is 0 Å². The molecule has 0 bridgehead atoms. The molecule has 0 aromatic carbocycles. The quantitative estimate of drug-likeness (QED) is 0.590. The molecule has 1 aliphatic carbocycles. The summed E-state index contributed by atoms with van der Waals surface area (Å²) in [5.41, 5.74) is 0.704. The number of furan rings is 1. The fraction of sp³-hybridized carbons (Fsp3) is 0.500. The molecule has 3 rings (SSSR count). The Bertz CT molecular complexity index is 863. The van der Waals surface area contributed by atoms with Gasteiger partial charge in [0.25, 0.3) is 5.91 Å². The maximum atomic E-state index is 13.4. The van der Waals surface area contributed by atoms with Crippen molar-refractivity contribution in [3.05, 3.63) is 54.2 Å². The maximum absolute atomic E-state index is 13.4. The van der Waals surface area contributed by atoms with E-state index in [1.54, 1.807) is 35.5 Å². The standard InChI is InChI=1S/C24H32N4O4/c1-2-3-15-28(21(29)17-26-23(30)20-10-7-16-32-20)22(18-11-13-25-14-12-18)24(31)27-19-8-5-4-6-9-19/h7,10-14,16,19,22H,2-6,8-9,15,17H2,1H3,(H,26,30)(H,27,31). The third kappa shape index (κ3) is 6.42. The molecule has 3 amide bonds. The molecule has 1 saturated carbocycles. The van der Waals surface area contributed by atoms with Crippen LogP contribution in [-0.2, 0) is 9.59 Å². The molecule has 0 aliphatic heterocycles. The summed E-state index contributed by atoms with van der Waals surface area (Å²) in [4.78, 5) is 44.5. The van der Waals surface area contributed by atoms with Crippen molar-refractivity contribution in [1.82, 2.24) is 20.5 Å². The average Bonchev–Trinajstić information content (AvgIpc) is 3.36. The minimum absolute atomic E-state index is 0.127. The molecule has 1 atom stereocenters. The molecule has 2 N–H and O–H groups in total. The van der Waals surface area contributed by atoms with E-state index in [0.29, 0.717) is 12.1 Å². The smallest absolute Gasteiger partial charge is 0.287 e. The van der Waals surface area contributed by atoms with Crippen LogP contribution in [-0.4, -0.2) is 46.7 Å². The molecule has 0 saturated heterocycles. The zero-order valence-corrected chi connectivity index (χ0v) is 18.6. The van der Waals surface area contributed by atoms with Crippen LogP contribution in [0.25, 0.3) is 0 Å². The molecule has 2 heterocycles. The van der Waals surface area contributed by atoms with Gasteiger partial charge in [-0.1, -0.05) is 32.6 Å². The van der Waals surface area contributed by atoms with Gasteiger partial charge >= 0.3 is 0 Å². The van der Waals surface area contributed by atoms with Gasteiger partial charge in [0.05, 0.1) is 12.8 Å². The van der Waals surface area contributed by atoms with Crippen LogP contribution in [0.1, 0.15) is 74.0 Å². The number of nitrogens with one attached hydrogen (secondary N) is 2. The first-order valence-corrected chi connectivity index (χ1v) is 11.4. The van der Waals surface area contributed by atoms with E-state index in [9.17, 15) is 14.4 Å². The van der Waals surface area contributed by atoms with Crippen molar-refractivity contribution in [2.75, 3.05) is 13.1 Å². The highest BCUT2D eigenvalue weighted by Crippen LogP contribution is 2.24. The monoisotopic (exact) mass is 440 g/mol. The molecular formula is C24H32N4O4. The largest absolute Gasteiger partial charge is 0.459 e. The summed E-state index contributed by atoms with van der Waals surface area (Å²) in [6.45, 7) is 2.23. The molecule has 0 radical (unpaired) electrons. The van der Waals surface area contributed by atoms with Crippen molar-refractivity contribution < 1.29 is 18.8 Å². The third-order valence-corrected chi connectivity index (χ3v) is 5.75. The topological polar surface area (TPSA) is 105 Å². The summed E-state index contributed by atoms with van der Waals surface area (Å²) in [5, 5.41) is 5.76.